The van der Waals surface area contributed by atoms with Crippen LogP contribution in [-0.4, -0.2) is 4.98 Å². The quantitative estimate of drug-likeness (QED) is 0.853. The summed E-state index contributed by atoms with van der Waals surface area (Å²) in [5, 5.41) is 8.42. The van der Waals surface area contributed by atoms with E-state index in [-0.39, 0.29) is 26.9 Å². The van der Waals surface area contributed by atoms with Crippen LogP contribution in [0, 0.1) is 14.9 Å². The molecule has 0 radical (unpaired) electrons. The van der Waals surface area contributed by atoms with E-state index in [0.29, 0.717) is 0 Å². The predicted molar refractivity (Wildman–Crippen MR) is 55.6 cm³/mol. The maximum absolute atomic E-state index is 12.6. The zero-order valence-corrected chi connectivity index (χ0v) is 9.12. The van der Waals surface area contributed by atoms with Gasteiger partial charge in [-0.25, -0.2) is 8.78 Å². The molecule has 0 aliphatic carbocycles. The van der Waals surface area contributed by atoms with Crippen molar-refractivity contribution in [3.8, 4) is 6.07 Å². The van der Waals surface area contributed by atoms with Crippen LogP contribution in [-0.2, 0) is 6.42 Å². The summed E-state index contributed by atoms with van der Waals surface area (Å²) in [4.78, 5) is 3.72. The van der Waals surface area contributed by atoms with Gasteiger partial charge < -0.3 is 5.73 Å². The van der Waals surface area contributed by atoms with Crippen molar-refractivity contribution in [2.75, 3.05) is 5.73 Å². The molecule has 1 rings (SSSR count). The molecule has 74 valence electrons. The maximum atomic E-state index is 12.6. The Morgan fingerprint density at radius 3 is 2.79 bits per heavy atom. The van der Waals surface area contributed by atoms with Crippen molar-refractivity contribution in [1.29, 1.82) is 5.26 Å². The van der Waals surface area contributed by atoms with Crippen LogP contribution in [0.3, 0.4) is 0 Å². The Balaban J connectivity index is 3.31. The highest BCUT2D eigenvalue weighted by atomic mass is 127. The van der Waals surface area contributed by atoms with E-state index < -0.39 is 6.43 Å². The highest BCUT2D eigenvalue weighted by Crippen LogP contribution is 2.30. The minimum Gasteiger partial charge on any atom is -0.397 e. The van der Waals surface area contributed by atoms with E-state index in [1.54, 1.807) is 28.7 Å². The fourth-order valence-corrected chi connectivity index (χ4v) is 1.68. The van der Waals surface area contributed by atoms with Crippen LogP contribution in [0.25, 0.3) is 0 Å². The van der Waals surface area contributed by atoms with Crippen LogP contribution in [0.15, 0.2) is 6.20 Å². The molecule has 0 bridgehead atoms. The average molecular weight is 309 g/mol. The third-order valence-corrected chi connectivity index (χ3v) is 2.83. The first-order valence-corrected chi connectivity index (χ1v) is 4.73. The summed E-state index contributed by atoms with van der Waals surface area (Å²) in [6.45, 7) is 0. The number of anilines is 1. The van der Waals surface area contributed by atoms with Crippen molar-refractivity contribution in [1.82, 2.24) is 4.98 Å². The molecule has 1 heterocycles. The first-order chi connectivity index (χ1) is 6.57. The molecule has 2 N–H and O–H groups in total. The van der Waals surface area contributed by atoms with Gasteiger partial charge in [0.1, 0.15) is 0 Å². The third-order valence-electron chi connectivity index (χ3n) is 1.63. The number of alkyl halides is 2. The van der Waals surface area contributed by atoms with Crippen molar-refractivity contribution < 1.29 is 8.78 Å². The van der Waals surface area contributed by atoms with Gasteiger partial charge in [0, 0.05) is 3.57 Å². The topological polar surface area (TPSA) is 62.7 Å². The molecule has 0 amide bonds. The standard InChI is InChI=1S/C8H6F2IN3/c9-8(10)6-5(1-2-12)14-3-4(13)7(6)11/h3,8H,1,13H2. The summed E-state index contributed by atoms with van der Waals surface area (Å²) in [6, 6.07) is 1.79. The van der Waals surface area contributed by atoms with Gasteiger partial charge in [-0.1, -0.05) is 0 Å². The number of nitrogens with zero attached hydrogens (tertiary/aromatic N) is 2. The van der Waals surface area contributed by atoms with Gasteiger partial charge in [0.25, 0.3) is 6.43 Å². The van der Waals surface area contributed by atoms with Gasteiger partial charge in [0.15, 0.2) is 0 Å². The minimum absolute atomic E-state index is 0.0982. The van der Waals surface area contributed by atoms with E-state index in [0.717, 1.165) is 0 Å². The molecule has 0 aliphatic rings. The zero-order chi connectivity index (χ0) is 10.7. The molecular formula is C8H6F2IN3. The molecule has 0 aliphatic heterocycles. The number of nitrogen functional groups attached to an aromatic ring is 1. The maximum Gasteiger partial charge on any atom is 0.266 e. The molecule has 14 heavy (non-hydrogen) atoms. The number of aromatic nitrogens is 1. The molecule has 0 saturated heterocycles. The molecular weight excluding hydrogens is 303 g/mol. The van der Waals surface area contributed by atoms with Crippen molar-refractivity contribution in [3.05, 3.63) is 21.0 Å². The van der Waals surface area contributed by atoms with Gasteiger partial charge in [-0.05, 0) is 22.6 Å². The Kier molecular flexibility index (Phi) is 3.57. The second kappa shape index (κ2) is 4.50. The van der Waals surface area contributed by atoms with Gasteiger partial charge in [0.2, 0.25) is 0 Å². The molecule has 1 aromatic rings. The lowest BCUT2D eigenvalue weighted by atomic mass is 10.1. The van der Waals surface area contributed by atoms with Crippen LogP contribution in [0.5, 0.6) is 0 Å². The summed E-state index contributed by atoms with van der Waals surface area (Å²) in [7, 11) is 0. The zero-order valence-electron chi connectivity index (χ0n) is 6.97. The number of rotatable bonds is 2. The summed E-state index contributed by atoms with van der Waals surface area (Å²) in [5.74, 6) is 0. The Hall–Kier alpha value is -0.970. The Labute approximate surface area is 93.1 Å². The van der Waals surface area contributed by atoms with Crippen molar-refractivity contribution >= 4 is 28.3 Å². The highest BCUT2D eigenvalue weighted by Gasteiger charge is 2.19. The van der Waals surface area contributed by atoms with Crippen LogP contribution >= 0.6 is 22.6 Å². The van der Waals surface area contributed by atoms with Gasteiger partial charge in [0.05, 0.1) is 35.6 Å². The smallest absolute Gasteiger partial charge is 0.266 e. The molecule has 0 fully saturated rings. The van der Waals surface area contributed by atoms with E-state index in [1.165, 1.54) is 6.20 Å². The molecule has 0 saturated carbocycles. The van der Waals surface area contributed by atoms with Crippen molar-refractivity contribution in [2.45, 2.75) is 12.8 Å². The van der Waals surface area contributed by atoms with Crippen LogP contribution < -0.4 is 5.73 Å². The van der Waals surface area contributed by atoms with E-state index in [2.05, 4.69) is 4.98 Å². The third kappa shape index (κ3) is 2.09. The van der Waals surface area contributed by atoms with Crippen LogP contribution in [0.1, 0.15) is 17.7 Å². The summed E-state index contributed by atoms with van der Waals surface area (Å²) >= 11 is 1.73. The second-order valence-electron chi connectivity index (χ2n) is 2.52. The largest absolute Gasteiger partial charge is 0.397 e. The number of hydrogen-bond donors (Lipinski definition) is 1. The van der Waals surface area contributed by atoms with Gasteiger partial charge in [-0.15, -0.1) is 0 Å². The first kappa shape index (κ1) is 11.1. The number of nitrogens with two attached hydrogens (primary N) is 1. The van der Waals surface area contributed by atoms with E-state index in [9.17, 15) is 8.78 Å². The Morgan fingerprint density at radius 1 is 1.64 bits per heavy atom. The Morgan fingerprint density at radius 2 is 2.29 bits per heavy atom. The Bertz CT molecular complexity index is 387. The van der Waals surface area contributed by atoms with Crippen LogP contribution in [0.2, 0.25) is 0 Å². The van der Waals surface area contributed by atoms with Gasteiger partial charge in [-0.3, -0.25) is 4.98 Å². The molecule has 0 aromatic carbocycles. The van der Waals surface area contributed by atoms with E-state index >= 15 is 0 Å². The first-order valence-electron chi connectivity index (χ1n) is 3.65. The molecule has 0 atom stereocenters. The number of halogens is 3. The molecule has 0 spiro atoms. The average Bonchev–Trinajstić information content (AvgIpc) is 2.11. The predicted octanol–water partition coefficient (Wildman–Crippen LogP) is 2.27. The number of nitriles is 1. The van der Waals surface area contributed by atoms with Gasteiger partial charge >= 0.3 is 0 Å². The SMILES string of the molecule is N#CCc1ncc(N)c(I)c1C(F)F. The minimum atomic E-state index is -2.65. The monoisotopic (exact) mass is 309 g/mol. The van der Waals surface area contributed by atoms with E-state index in [4.69, 9.17) is 11.0 Å². The lowest BCUT2D eigenvalue weighted by molar-refractivity contribution is 0.149. The van der Waals surface area contributed by atoms with Crippen molar-refractivity contribution in [2.24, 2.45) is 0 Å². The molecule has 3 nitrogen and oxygen atoms in total. The van der Waals surface area contributed by atoms with Crippen LogP contribution in [0.4, 0.5) is 14.5 Å². The lowest BCUT2D eigenvalue weighted by Crippen LogP contribution is -2.04. The molecule has 0 unspecified atom stereocenters. The van der Waals surface area contributed by atoms with Gasteiger partial charge in [-0.2, -0.15) is 5.26 Å². The fraction of sp³-hybridized carbons (Fsp3) is 0.250. The van der Waals surface area contributed by atoms with E-state index in [1.807, 2.05) is 0 Å². The number of pyridine rings is 1. The summed E-state index contributed by atoms with van der Waals surface area (Å²) in [6.07, 6.45) is -1.49. The highest BCUT2D eigenvalue weighted by molar-refractivity contribution is 14.1. The molecule has 6 heteroatoms. The lowest BCUT2D eigenvalue weighted by Gasteiger charge is -2.09. The molecule has 1 aromatic heterocycles. The summed E-state index contributed by atoms with van der Waals surface area (Å²) in [5.41, 5.74) is 5.52. The second-order valence-corrected chi connectivity index (χ2v) is 3.60. The summed E-state index contributed by atoms with van der Waals surface area (Å²) < 4.78 is 25.4. The normalized spacial score (nSPS) is 10.2. The number of hydrogen-bond acceptors (Lipinski definition) is 3. The van der Waals surface area contributed by atoms with Crippen molar-refractivity contribution in [3.63, 3.8) is 0 Å². The fourth-order valence-electron chi connectivity index (χ4n) is 0.993.